The van der Waals surface area contributed by atoms with Gasteiger partial charge in [-0.25, -0.2) is 0 Å². The third-order valence-electron chi connectivity index (χ3n) is 3.05. The zero-order valence-corrected chi connectivity index (χ0v) is 8.96. The molecule has 0 aromatic heterocycles. The van der Waals surface area contributed by atoms with Gasteiger partial charge in [0.25, 0.3) is 0 Å². The summed E-state index contributed by atoms with van der Waals surface area (Å²) < 4.78 is 0. The number of para-hydroxylation sites is 1. The van der Waals surface area contributed by atoms with E-state index in [1.807, 2.05) is 7.05 Å². The van der Waals surface area contributed by atoms with E-state index in [2.05, 4.69) is 41.4 Å². The van der Waals surface area contributed by atoms with Crippen LogP contribution in [-0.2, 0) is 0 Å². The molecule has 0 aliphatic carbocycles. The van der Waals surface area contributed by atoms with Crippen LogP contribution in [0.15, 0.2) is 24.3 Å². The molecule has 0 radical (unpaired) electrons. The van der Waals surface area contributed by atoms with Gasteiger partial charge >= 0.3 is 0 Å². The van der Waals surface area contributed by atoms with Crippen molar-refractivity contribution in [1.82, 2.24) is 5.32 Å². The molecule has 1 aliphatic heterocycles. The van der Waals surface area contributed by atoms with Crippen LogP contribution in [0, 0.1) is 6.92 Å². The van der Waals surface area contributed by atoms with Gasteiger partial charge in [-0.2, -0.15) is 0 Å². The van der Waals surface area contributed by atoms with Crippen LogP contribution in [0.1, 0.15) is 12.0 Å². The van der Waals surface area contributed by atoms with Gasteiger partial charge in [-0.15, -0.1) is 0 Å². The summed E-state index contributed by atoms with van der Waals surface area (Å²) in [6.07, 6.45) is 1.25. The Morgan fingerprint density at radius 3 is 2.79 bits per heavy atom. The Labute approximate surface area is 85.9 Å². The summed E-state index contributed by atoms with van der Waals surface area (Å²) in [5.41, 5.74) is 2.77. The van der Waals surface area contributed by atoms with Crippen LogP contribution >= 0.6 is 0 Å². The molecular weight excluding hydrogens is 172 g/mol. The lowest BCUT2D eigenvalue weighted by Gasteiger charge is -2.20. The molecule has 2 rings (SSSR count). The van der Waals surface area contributed by atoms with Gasteiger partial charge in [0.1, 0.15) is 0 Å². The van der Waals surface area contributed by atoms with Gasteiger partial charge < -0.3 is 10.2 Å². The molecule has 14 heavy (non-hydrogen) atoms. The second-order valence-electron chi connectivity index (χ2n) is 4.01. The minimum Gasteiger partial charge on any atom is -0.370 e. The zero-order valence-electron chi connectivity index (χ0n) is 8.96. The molecule has 1 atom stereocenters. The molecule has 2 nitrogen and oxygen atoms in total. The minimum absolute atomic E-state index is 0.662. The number of nitrogens with one attached hydrogen (secondary N) is 1. The Morgan fingerprint density at radius 1 is 1.36 bits per heavy atom. The van der Waals surface area contributed by atoms with Gasteiger partial charge in [0, 0.05) is 24.8 Å². The van der Waals surface area contributed by atoms with Crippen molar-refractivity contribution >= 4 is 5.69 Å². The number of hydrogen-bond acceptors (Lipinski definition) is 2. The summed E-state index contributed by atoms with van der Waals surface area (Å²) in [7, 11) is 2.05. The SMILES string of the molecule is CNC1CCN(c2ccccc2C)C1. The first kappa shape index (κ1) is 9.53. The van der Waals surface area contributed by atoms with Crippen LogP contribution in [0.3, 0.4) is 0 Å². The Morgan fingerprint density at radius 2 is 2.14 bits per heavy atom. The lowest BCUT2D eigenvalue weighted by molar-refractivity contribution is 0.617. The van der Waals surface area contributed by atoms with Gasteiger partial charge in [-0.3, -0.25) is 0 Å². The molecule has 1 heterocycles. The predicted octanol–water partition coefficient (Wildman–Crippen LogP) is 1.79. The van der Waals surface area contributed by atoms with Crippen molar-refractivity contribution in [2.45, 2.75) is 19.4 Å². The molecule has 1 aliphatic rings. The fourth-order valence-corrected chi connectivity index (χ4v) is 2.13. The average Bonchev–Trinajstić information content (AvgIpc) is 2.67. The number of nitrogens with zero attached hydrogens (tertiary/aromatic N) is 1. The Bertz CT molecular complexity index is 309. The molecule has 1 fully saturated rings. The Balaban J connectivity index is 2.13. The predicted molar refractivity (Wildman–Crippen MR) is 60.9 cm³/mol. The topological polar surface area (TPSA) is 15.3 Å². The lowest BCUT2D eigenvalue weighted by Crippen LogP contribution is -2.29. The fourth-order valence-electron chi connectivity index (χ4n) is 2.13. The highest BCUT2D eigenvalue weighted by molar-refractivity contribution is 5.53. The molecule has 0 amide bonds. The maximum absolute atomic E-state index is 3.34. The van der Waals surface area contributed by atoms with E-state index in [0.29, 0.717) is 6.04 Å². The third kappa shape index (κ3) is 1.75. The first-order chi connectivity index (χ1) is 6.81. The van der Waals surface area contributed by atoms with Crippen LogP contribution in [0.25, 0.3) is 0 Å². The van der Waals surface area contributed by atoms with Crippen LogP contribution in [-0.4, -0.2) is 26.2 Å². The van der Waals surface area contributed by atoms with E-state index in [-0.39, 0.29) is 0 Å². The highest BCUT2D eigenvalue weighted by Gasteiger charge is 2.21. The van der Waals surface area contributed by atoms with Crippen molar-refractivity contribution in [3.63, 3.8) is 0 Å². The van der Waals surface area contributed by atoms with Crippen molar-refractivity contribution in [1.29, 1.82) is 0 Å². The average molecular weight is 190 g/mol. The standard InChI is InChI=1S/C12H18N2/c1-10-5-3-4-6-12(10)14-8-7-11(9-14)13-2/h3-6,11,13H,7-9H2,1-2H3. The van der Waals surface area contributed by atoms with Gasteiger partial charge in [-0.1, -0.05) is 18.2 Å². The number of rotatable bonds is 2. The van der Waals surface area contributed by atoms with Crippen LogP contribution in [0.5, 0.6) is 0 Å². The van der Waals surface area contributed by atoms with E-state index >= 15 is 0 Å². The van der Waals surface area contributed by atoms with E-state index in [1.54, 1.807) is 0 Å². The molecule has 1 saturated heterocycles. The second kappa shape index (κ2) is 4.01. The van der Waals surface area contributed by atoms with Gasteiger partial charge in [0.2, 0.25) is 0 Å². The third-order valence-corrected chi connectivity index (χ3v) is 3.05. The number of anilines is 1. The number of benzene rings is 1. The smallest absolute Gasteiger partial charge is 0.0396 e. The molecule has 2 heteroatoms. The van der Waals surface area contributed by atoms with Crippen molar-refractivity contribution in [2.24, 2.45) is 0 Å². The van der Waals surface area contributed by atoms with Crippen molar-refractivity contribution in [2.75, 3.05) is 25.0 Å². The summed E-state index contributed by atoms with van der Waals surface area (Å²) >= 11 is 0. The molecule has 0 bridgehead atoms. The largest absolute Gasteiger partial charge is 0.370 e. The molecule has 76 valence electrons. The first-order valence-electron chi connectivity index (χ1n) is 5.29. The van der Waals surface area contributed by atoms with E-state index < -0.39 is 0 Å². The van der Waals surface area contributed by atoms with Crippen molar-refractivity contribution in [3.8, 4) is 0 Å². The van der Waals surface area contributed by atoms with Gasteiger partial charge in [0.05, 0.1) is 0 Å². The molecule has 1 unspecified atom stereocenters. The zero-order chi connectivity index (χ0) is 9.97. The lowest BCUT2D eigenvalue weighted by atomic mass is 10.2. The van der Waals surface area contributed by atoms with Gasteiger partial charge in [-0.05, 0) is 32.0 Å². The van der Waals surface area contributed by atoms with E-state index in [1.165, 1.54) is 24.2 Å². The Hall–Kier alpha value is -1.02. The monoisotopic (exact) mass is 190 g/mol. The molecule has 0 spiro atoms. The quantitative estimate of drug-likeness (QED) is 0.765. The molecule has 0 saturated carbocycles. The fraction of sp³-hybridized carbons (Fsp3) is 0.500. The molecule has 1 aromatic rings. The van der Waals surface area contributed by atoms with Crippen LogP contribution in [0.2, 0.25) is 0 Å². The van der Waals surface area contributed by atoms with E-state index in [0.717, 1.165) is 6.54 Å². The summed E-state index contributed by atoms with van der Waals surface area (Å²) in [6, 6.07) is 9.28. The van der Waals surface area contributed by atoms with Crippen LogP contribution < -0.4 is 10.2 Å². The van der Waals surface area contributed by atoms with Crippen molar-refractivity contribution < 1.29 is 0 Å². The molecular formula is C12H18N2. The summed E-state index contributed by atoms with van der Waals surface area (Å²) in [6.45, 7) is 4.50. The highest BCUT2D eigenvalue weighted by atomic mass is 15.2. The number of hydrogen-bond donors (Lipinski definition) is 1. The van der Waals surface area contributed by atoms with E-state index in [9.17, 15) is 0 Å². The maximum atomic E-state index is 3.34. The highest BCUT2D eigenvalue weighted by Crippen LogP contribution is 2.23. The van der Waals surface area contributed by atoms with Gasteiger partial charge in [0.15, 0.2) is 0 Å². The minimum atomic E-state index is 0.662. The number of aryl methyl sites for hydroxylation is 1. The van der Waals surface area contributed by atoms with Crippen molar-refractivity contribution in [3.05, 3.63) is 29.8 Å². The summed E-state index contributed by atoms with van der Waals surface area (Å²) in [4.78, 5) is 2.47. The summed E-state index contributed by atoms with van der Waals surface area (Å²) in [5.74, 6) is 0. The summed E-state index contributed by atoms with van der Waals surface area (Å²) in [5, 5.41) is 3.34. The Kier molecular flexibility index (Phi) is 2.73. The maximum Gasteiger partial charge on any atom is 0.0396 e. The molecule has 1 aromatic carbocycles. The second-order valence-corrected chi connectivity index (χ2v) is 4.01. The molecule has 1 N–H and O–H groups in total. The van der Waals surface area contributed by atoms with Crippen LogP contribution in [0.4, 0.5) is 5.69 Å². The first-order valence-corrected chi connectivity index (χ1v) is 5.29. The van der Waals surface area contributed by atoms with E-state index in [4.69, 9.17) is 0 Å². The normalized spacial score (nSPS) is 21.6. The number of likely N-dealkylation sites (N-methyl/N-ethyl adjacent to an activating group) is 1.